The van der Waals surface area contributed by atoms with Gasteiger partial charge in [-0.25, -0.2) is 0 Å². The Labute approximate surface area is 132 Å². The van der Waals surface area contributed by atoms with Crippen LogP contribution in [0, 0.1) is 0 Å². The summed E-state index contributed by atoms with van der Waals surface area (Å²) in [6, 6.07) is 2.73. The zero-order valence-electron chi connectivity index (χ0n) is 13.2. The molecule has 0 atom stereocenters. The van der Waals surface area contributed by atoms with Crippen molar-refractivity contribution in [3.8, 4) is 0 Å². The first kappa shape index (κ1) is 16.4. The van der Waals surface area contributed by atoms with Crippen molar-refractivity contribution in [2.75, 3.05) is 14.1 Å². The molecule has 5 heteroatoms. The van der Waals surface area contributed by atoms with Crippen LogP contribution in [0.25, 0.3) is 0 Å². The average Bonchev–Trinajstić information content (AvgIpc) is 2.87. The third-order valence-electron chi connectivity index (χ3n) is 4.52. The van der Waals surface area contributed by atoms with Gasteiger partial charge >= 0.3 is 0 Å². The first-order chi connectivity index (χ1) is 10.1. The number of aryl methyl sites for hydroxylation is 1. The second-order valence-corrected chi connectivity index (χ2v) is 6.38. The summed E-state index contributed by atoms with van der Waals surface area (Å²) in [4.78, 5) is 14.6. The number of aromatic nitrogens is 1. The van der Waals surface area contributed by atoms with Gasteiger partial charge in [0.25, 0.3) is 5.91 Å². The van der Waals surface area contributed by atoms with Gasteiger partial charge in [0.05, 0.1) is 5.02 Å². The number of nitrogens with one attached hydrogen (secondary N) is 1. The van der Waals surface area contributed by atoms with Crippen LogP contribution in [0.15, 0.2) is 12.3 Å². The fraction of sp³-hybridized carbons (Fsp3) is 0.688. The molecule has 0 spiro atoms. The lowest BCUT2D eigenvalue weighted by Crippen LogP contribution is -2.43. The maximum absolute atomic E-state index is 12.7. The molecular weight excluding hydrogens is 286 g/mol. The van der Waals surface area contributed by atoms with E-state index in [4.69, 9.17) is 11.6 Å². The highest BCUT2D eigenvalue weighted by Crippen LogP contribution is 2.24. The number of hydrogen-bond donors (Lipinski definition) is 1. The minimum Gasteiger partial charge on any atom is -0.342 e. The Morgan fingerprint density at radius 3 is 2.67 bits per heavy atom. The highest BCUT2D eigenvalue weighted by Gasteiger charge is 2.27. The Morgan fingerprint density at radius 2 is 2.10 bits per heavy atom. The van der Waals surface area contributed by atoms with Gasteiger partial charge in [-0.3, -0.25) is 4.79 Å². The fourth-order valence-corrected chi connectivity index (χ4v) is 3.40. The van der Waals surface area contributed by atoms with E-state index in [-0.39, 0.29) is 5.91 Å². The van der Waals surface area contributed by atoms with Crippen LogP contribution in [0.4, 0.5) is 0 Å². The van der Waals surface area contributed by atoms with Crippen LogP contribution >= 0.6 is 11.6 Å². The summed E-state index contributed by atoms with van der Waals surface area (Å²) in [5.41, 5.74) is 0.708. The van der Waals surface area contributed by atoms with Crippen molar-refractivity contribution >= 4 is 17.5 Å². The molecule has 1 aliphatic rings. The molecule has 0 bridgehead atoms. The van der Waals surface area contributed by atoms with Crippen molar-refractivity contribution < 1.29 is 4.79 Å². The lowest BCUT2D eigenvalue weighted by atomic mass is 9.90. The topological polar surface area (TPSA) is 37.3 Å². The lowest BCUT2D eigenvalue weighted by molar-refractivity contribution is 0.0674. The predicted molar refractivity (Wildman–Crippen MR) is 86.9 cm³/mol. The summed E-state index contributed by atoms with van der Waals surface area (Å²) < 4.78 is 1.97. The Bertz CT molecular complexity index is 478. The molecule has 1 aromatic rings. The van der Waals surface area contributed by atoms with Crippen LogP contribution < -0.4 is 5.32 Å². The molecule has 0 aliphatic heterocycles. The molecule has 1 N–H and O–H groups in total. The largest absolute Gasteiger partial charge is 0.342 e. The number of hydrogen-bond acceptors (Lipinski definition) is 2. The number of carbonyl (C=O) groups excluding carboxylic acids is 1. The molecule has 1 aromatic heterocycles. The molecule has 1 saturated carbocycles. The maximum atomic E-state index is 12.7. The Morgan fingerprint density at radius 1 is 1.43 bits per heavy atom. The summed E-state index contributed by atoms with van der Waals surface area (Å²) in [5.74, 6) is 0.0863. The van der Waals surface area contributed by atoms with Gasteiger partial charge in [-0.2, -0.15) is 0 Å². The molecule has 1 heterocycles. The first-order valence-electron chi connectivity index (χ1n) is 7.86. The van der Waals surface area contributed by atoms with Crippen molar-refractivity contribution in [1.29, 1.82) is 0 Å². The van der Waals surface area contributed by atoms with Crippen LogP contribution in [-0.4, -0.2) is 41.6 Å². The van der Waals surface area contributed by atoms with E-state index >= 15 is 0 Å². The molecule has 0 radical (unpaired) electrons. The van der Waals surface area contributed by atoms with Crippen molar-refractivity contribution in [2.24, 2.45) is 0 Å². The molecule has 0 unspecified atom stereocenters. The predicted octanol–water partition coefficient (Wildman–Crippen LogP) is 3.15. The monoisotopic (exact) mass is 311 g/mol. The van der Waals surface area contributed by atoms with E-state index in [9.17, 15) is 4.79 Å². The summed E-state index contributed by atoms with van der Waals surface area (Å²) in [7, 11) is 3.93. The number of amides is 1. The van der Waals surface area contributed by atoms with Crippen LogP contribution in [0.2, 0.25) is 5.02 Å². The maximum Gasteiger partial charge on any atom is 0.270 e. The quantitative estimate of drug-likeness (QED) is 0.907. The van der Waals surface area contributed by atoms with Gasteiger partial charge in [0.1, 0.15) is 5.69 Å². The first-order valence-corrected chi connectivity index (χ1v) is 8.24. The Kier molecular flexibility index (Phi) is 5.71. The van der Waals surface area contributed by atoms with E-state index in [1.807, 2.05) is 29.8 Å². The highest BCUT2D eigenvalue weighted by atomic mass is 35.5. The van der Waals surface area contributed by atoms with Crippen molar-refractivity contribution in [3.05, 3.63) is 23.0 Å². The van der Waals surface area contributed by atoms with Crippen LogP contribution in [0.1, 0.15) is 49.5 Å². The van der Waals surface area contributed by atoms with Gasteiger partial charge in [-0.1, -0.05) is 18.5 Å². The van der Waals surface area contributed by atoms with Crippen molar-refractivity contribution in [3.63, 3.8) is 0 Å². The summed E-state index contributed by atoms with van der Waals surface area (Å²) >= 11 is 6.07. The zero-order valence-corrected chi connectivity index (χ0v) is 14.0. The fourth-order valence-electron chi connectivity index (χ4n) is 3.18. The molecular formula is C16H26ClN3O. The molecule has 1 amide bonds. The van der Waals surface area contributed by atoms with Crippen LogP contribution in [0.3, 0.4) is 0 Å². The van der Waals surface area contributed by atoms with Gasteiger partial charge in [0.2, 0.25) is 0 Å². The number of carbonyl (C=O) groups is 1. The van der Waals surface area contributed by atoms with E-state index in [2.05, 4.69) is 12.2 Å². The van der Waals surface area contributed by atoms with E-state index in [0.29, 0.717) is 22.8 Å². The number of halogens is 1. The Hall–Kier alpha value is -1.00. The SMILES string of the molecule is CCCn1cc(Cl)cc1C(=O)N(C)C1CCC(NC)CC1. The molecule has 4 nitrogen and oxygen atoms in total. The van der Waals surface area contributed by atoms with Crippen LogP contribution in [-0.2, 0) is 6.54 Å². The van der Waals surface area contributed by atoms with Crippen molar-refractivity contribution in [2.45, 2.75) is 57.7 Å². The minimum atomic E-state index is 0.0863. The van der Waals surface area contributed by atoms with E-state index in [1.54, 1.807) is 6.07 Å². The smallest absolute Gasteiger partial charge is 0.270 e. The van der Waals surface area contributed by atoms with E-state index < -0.39 is 0 Å². The summed E-state index contributed by atoms with van der Waals surface area (Å²) in [6.07, 6.45) is 7.24. The molecule has 21 heavy (non-hydrogen) atoms. The minimum absolute atomic E-state index is 0.0863. The van der Waals surface area contributed by atoms with Crippen molar-refractivity contribution in [1.82, 2.24) is 14.8 Å². The average molecular weight is 312 g/mol. The standard InChI is InChI=1S/C16H26ClN3O/c1-4-9-20-11-12(17)10-15(20)16(21)19(3)14-7-5-13(18-2)6-8-14/h10-11,13-14,18H,4-9H2,1-3H3. The van der Waals surface area contributed by atoms with Gasteiger partial charge < -0.3 is 14.8 Å². The molecule has 118 valence electrons. The Balaban J connectivity index is 2.05. The van der Waals surface area contributed by atoms with E-state index in [0.717, 1.165) is 38.6 Å². The summed E-state index contributed by atoms with van der Waals surface area (Å²) in [5, 5.41) is 3.97. The van der Waals surface area contributed by atoms with Gasteiger partial charge in [0.15, 0.2) is 0 Å². The lowest BCUT2D eigenvalue weighted by Gasteiger charge is -2.34. The second kappa shape index (κ2) is 7.32. The highest BCUT2D eigenvalue weighted by molar-refractivity contribution is 6.31. The molecule has 1 aliphatic carbocycles. The third kappa shape index (κ3) is 3.80. The number of nitrogens with zero attached hydrogens (tertiary/aromatic N) is 2. The summed E-state index contributed by atoms with van der Waals surface area (Å²) in [6.45, 7) is 2.93. The van der Waals surface area contributed by atoms with Gasteiger partial charge in [0, 0.05) is 31.9 Å². The van der Waals surface area contributed by atoms with E-state index in [1.165, 1.54) is 0 Å². The molecule has 0 aromatic carbocycles. The second-order valence-electron chi connectivity index (χ2n) is 5.95. The zero-order chi connectivity index (χ0) is 15.4. The van der Waals surface area contributed by atoms with Gasteiger partial charge in [-0.15, -0.1) is 0 Å². The normalized spacial score (nSPS) is 22.3. The van der Waals surface area contributed by atoms with Crippen LogP contribution in [0.5, 0.6) is 0 Å². The van der Waals surface area contributed by atoms with Gasteiger partial charge in [-0.05, 0) is 45.2 Å². The molecule has 1 fully saturated rings. The number of rotatable bonds is 5. The molecule has 2 rings (SSSR count). The third-order valence-corrected chi connectivity index (χ3v) is 4.73. The molecule has 0 saturated heterocycles.